The average molecular weight is 272 g/mol. The van der Waals surface area contributed by atoms with Crippen molar-refractivity contribution in [2.75, 3.05) is 27.2 Å². The molecule has 0 aliphatic heterocycles. The maximum absolute atomic E-state index is 5.96. The predicted molar refractivity (Wildman–Crippen MR) is 81.3 cm³/mol. The number of nitrogens with zero attached hydrogens (tertiary/aromatic N) is 1. The van der Waals surface area contributed by atoms with Gasteiger partial charge < -0.3 is 16.0 Å². The Morgan fingerprint density at radius 1 is 1.22 bits per heavy atom. The summed E-state index contributed by atoms with van der Waals surface area (Å²) in [5.74, 6) is 0. The molecule has 0 aromatic heterocycles. The third-order valence-electron chi connectivity index (χ3n) is 2.73. The number of hydrogen-bond acceptors (Lipinski definition) is 3. The normalized spacial score (nSPS) is 13.2. The van der Waals surface area contributed by atoms with Crippen LogP contribution in [0.2, 0.25) is 0 Å². The third kappa shape index (κ3) is 6.36. The van der Waals surface area contributed by atoms with E-state index < -0.39 is 0 Å². The number of rotatable bonds is 6. The zero-order chi connectivity index (χ0) is 12.9. The lowest BCUT2D eigenvalue weighted by Crippen LogP contribution is -2.45. The number of likely N-dealkylation sites (N-methyl/N-ethyl adjacent to an activating group) is 1. The summed E-state index contributed by atoms with van der Waals surface area (Å²) in [5, 5.41) is 3.44. The molecule has 0 bridgehead atoms. The van der Waals surface area contributed by atoms with Gasteiger partial charge in [0.05, 0.1) is 0 Å². The van der Waals surface area contributed by atoms with Gasteiger partial charge in [-0.15, -0.1) is 12.4 Å². The molecule has 1 unspecified atom stereocenters. The van der Waals surface area contributed by atoms with Crippen LogP contribution in [0.15, 0.2) is 30.3 Å². The van der Waals surface area contributed by atoms with Crippen LogP contribution in [0.5, 0.6) is 0 Å². The Morgan fingerprint density at radius 3 is 2.22 bits per heavy atom. The lowest BCUT2D eigenvalue weighted by atomic mass is 10.0. The molecule has 3 N–H and O–H groups in total. The first-order valence-corrected chi connectivity index (χ1v) is 6.11. The highest BCUT2D eigenvalue weighted by molar-refractivity contribution is 5.85. The maximum atomic E-state index is 5.96. The van der Waals surface area contributed by atoms with E-state index in [0.29, 0.717) is 6.04 Å². The predicted octanol–water partition coefficient (Wildman–Crippen LogP) is 2.04. The molecule has 0 aliphatic carbocycles. The molecule has 0 aliphatic rings. The van der Waals surface area contributed by atoms with Crippen molar-refractivity contribution in [3.05, 3.63) is 35.9 Å². The first-order valence-electron chi connectivity index (χ1n) is 6.11. The molecule has 1 aromatic carbocycles. The van der Waals surface area contributed by atoms with E-state index in [1.165, 1.54) is 5.56 Å². The van der Waals surface area contributed by atoms with E-state index >= 15 is 0 Å². The van der Waals surface area contributed by atoms with Crippen LogP contribution in [-0.2, 0) is 0 Å². The van der Waals surface area contributed by atoms with E-state index in [0.717, 1.165) is 13.1 Å². The third-order valence-corrected chi connectivity index (χ3v) is 2.73. The van der Waals surface area contributed by atoms with E-state index in [1.807, 2.05) is 19.9 Å². The Bertz CT molecular complexity index is 320. The van der Waals surface area contributed by atoms with Gasteiger partial charge in [0.1, 0.15) is 0 Å². The lowest BCUT2D eigenvalue weighted by molar-refractivity contribution is 0.282. The summed E-state index contributed by atoms with van der Waals surface area (Å²) in [5.41, 5.74) is 7.13. The van der Waals surface area contributed by atoms with Gasteiger partial charge in [-0.3, -0.25) is 0 Å². The van der Waals surface area contributed by atoms with Crippen LogP contribution < -0.4 is 11.1 Å². The Morgan fingerprint density at radius 2 is 1.78 bits per heavy atom. The molecule has 0 amide bonds. The standard InChI is InChI=1S/C14H25N3.ClH/c1-14(2,15)11-16-10-13(17(3)4)12-8-6-5-7-9-12;/h5-9,13,16H,10-11,15H2,1-4H3;1H. The summed E-state index contributed by atoms with van der Waals surface area (Å²) < 4.78 is 0. The van der Waals surface area contributed by atoms with Gasteiger partial charge >= 0.3 is 0 Å². The summed E-state index contributed by atoms with van der Waals surface area (Å²) in [4.78, 5) is 2.23. The molecular weight excluding hydrogens is 246 g/mol. The molecule has 0 saturated carbocycles. The molecule has 3 nitrogen and oxygen atoms in total. The van der Waals surface area contributed by atoms with E-state index in [9.17, 15) is 0 Å². The van der Waals surface area contributed by atoms with Gasteiger partial charge in [0.2, 0.25) is 0 Å². The van der Waals surface area contributed by atoms with Gasteiger partial charge in [-0.05, 0) is 33.5 Å². The van der Waals surface area contributed by atoms with Crippen molar-refractivity contribution in [3.63, 3.8) is 0 Å². The first kappa shape index (κ1) is 17.4. The van der Waals surface area contributed by atoms with Crippen molar-refractivity contribution in [3.8, 4) is 0 Å². The minimum absolute atomic E-state index is 0. The molecule has 1 rings (SSSR count). The molecule has 0 heterocycles. The molecule has 0 radical (unpaired) electrons. The number of nitrogens with one attached hydrogen (secondary N) is 1. The van der Waals surface area contributed by atoms with Crippen molar-refractivity contribution < 1.29 is 0 Å². The van der Waals surface area contributed by atoms with Gasteiger partial charge in [-0.25, -0.2) is 0 Å². The van der Waals surface area contributed by atoms with Gasteiger partial charge in [0.25, 0.3) is 0 Å². The number of halogens is 1. The Hall–Kier alpha value is -0.610. The second-order valence-corrected chi connectivity index (χ2v) is 5.51. The second kappa shape index (κ2) is 7.74. The summed E-state index contributed by atoms with van der Waals surface area (Å²) in [6, 6.07) is 10.9. The minimum Gasteiger partial charge on any atom is -0.324 e. The molecule has 4 heteroatoms. The lowest BCUT2D eigenvalue weighted by Gasteiger charge is -2.27. The van der Waals surface area contributed by atoms with Crippen molar-refractivity contribution in [1.82, 2.24) is 10.2 Å². The highest BCUT2D eigenvalue weighted by Gasteiger charge is 2.15. The summed E-state index contributed by atoms with van der Waals surface area (Å²) in [6.45, 7) is 5.81. The monoisotopic (exact) mass is 271 g/mol. The summed E-state index contributed by atoms with van der Waals surface area (Å²) in [6.07, 6.45) is 0. The smallest absolute Gasteiger partial charge is 0.0466 e. The van der Waals surface area contributed by atoms with Crippen LogP contribution in [-0.4, -0.2) is 37.6 Å². The topological polar surface area (TPSA) is 41.3 Å². The van der Waals surface area contributed by atoms with Crippen molar-refractivity contribution in [2.45, 2.75) is 25.4 Å². The molecule has 1 aromatic rings. The fourth-order valence-electron chi connectivity index (χ4n) is 1.80. The Balaban J connectivity index is 0.00000289. The van der Waals surface area contributed by atoms with Gasteiger partial charge in [0, 0.05) is 24.7 Å². The maximum Gasteiger partial charge on any atom is 0.0466 e. The molecular formula is C14H26ClN3. The van der Waals surface area contributed by atoms with Gasteiger partial charge in [-0.2, -0.15) is 0 Å². The SMILES string of the molecule is CN(C)C(CNCC(C)(C)N)c1ccccc1.Cl. The molecule has 18 heavy (non-hydrogen) atoms. The molecule has 0 fully saturated rings. The molecule has 104 valence electrons. The number of benzene rings is 1. The molecule has 0 saturated heterocycles. The van der Waals surface area contributed by atoms with Crippen LogP contribution >= 0.6 is 12.4 Å². The van der Waals surface area contributed by atoms with Gasteiger partial charge in [0.15, 0.2) is 0 Å². The van der Waals surface area contributed by atoms with E-state index in [2.05, 4.69) is 48.6 Å². The van der Waals surface area contributed by atoms with Crippen LogP contribution in [0.1, 0.15) is 25.5 Å². The summed E-state index contributed by atoms with van der Waals surface area (Å²) in [7, 11) is 4.21. The van der Waals surface area contributed by atoms with Crippen molar-refractivity contribution in [2.24, 2.45) is 5.73 Å². The summed E-state index contributed by atoms with van der Waals surface area (Å²) >= 11 is 0. The Labute approximate surface area is 117 Å². The number of nitrogens with two attached hydrogens (primary N) is 1. The zero-order valence-electron chi connectivity index (χ0n) is 11.8. The second-order valence-electron chi connectivity index (χ2n) is 5.51. The van der Waals surface area contributed by atoms with Crippen LogP contribution in [0.4, 0.5) is 0 Å². The van der Waals surface area contributed by atoms with E-state index in [4.69, 9.17) is 5.73 Å². The average Bonchev–Trinajstić information content (AvgIpc) is 2.23. The largest absolute Gasteiger partial charge is 0.324 e. The number of hydrogen-bond donors (Lipinski definition) is 2. The van der Waals surface area contributed by atoms with Crippen LogP contribution in [0.25, 0.3) is 0 Å². The van der Waals surface area contributed by atoms with Crippen LogP contribution in [0.3, 0.4) is 0 Å². The molecule has 1 atom stereocenters. The first-order chi connectivity index (χ1) is 7.90. The van der Waals surface area contributed by atoms with E-state index in [1.54, 1.807) is 0 Å². The minimum atomic E-state index is -0.159. The van der Waals surface area contributed by atoms with Gasteiger partial charge in [-0.1, -0.05) is 30.3 Å². The highest BCUT2D eigenvalue weighted by atomic mass is 35.5. The van der Waals surface area contributed by atoms with Crippen LogP contribution in [0, 0.1) is 0 Å². The fourth-order valence-corrected chi connectivity index (χ4v) is 1.80. The Kier molecular flexibility index (Phi) is 7.48. The quantitative estimate of drug-likeness (QED) is 0.832. The van der Waals surface area contributed by atoms with Crippen molar-refractivity contribution in [1.29, 1.82) is 0 Å². The van der Waals surface area contributed by atoms with Crippen molar-refractivity contribution >= 4 is 12.4 Å². The zero-order valence-corrected chi connectivity index (χ0v) is 12.6. The molecule has 0 spiro atoms. The van der Waals surface area contributed by atoms with E-state index in [-0.39, 0.29) is 17.9 Å². The highest BCUT2D eigenvalue weighted by Crippen LogP contribution is 2.16. The fraction of sp³-hybridized carbons (Fsp3) is 0.571.